The number of nitrogens with zero attached hydrogens (tertiary/aromatic N) is 1. The number of hydrogen-bond acceptors (Lipinski definition) is 5. The molecule has 0 bridgehead atoms. The summed E-state index contributed by atoms with van der Waals surface area (Å²) in [6.07, 6.45) is 0.649. The molecule has 0 saturated carbocycles. The van der Waals surface area contributed by atoms with Crippen molar-refractivity contribution >= 4 is 10.0 Å². The molecule has 3 rings (SSSR count). The third kappa shape index (κ3) is 4.24. The SMILES string of the molecule is COc1ccc([C@H]2[C@H](S(=O)(=O)NCCc3ccccc3)CON2C)cc1. The molecule has 0 radical (unpaired) electrons. The number of nitrogens with one attached hydrogen (secondary N) is 1. The molecule has 140 valence electrons. The average molecular weight is 376 g/mol. The smallest absolute Gasteiger partial charge is 0.218 e. The van der Waals surface area contributed by atoms with Crippen LogP contribution in [0, 0.1) is 0 Å². The van der Waals surface area contributed by atoms with E-state index >= 15 is 0 Å². The first-order valence-corrected chi connectivity index (χ1v) is 10.1. The monoisotopic (exact) mass is 376 g/mol. The number of benzene rings is 2. The van der Waals surface area contributed by atoms with Gasteiger partial charge in [0.1, 0.15) is 11.0 Å². The van der Waals surface area contributed by atoms with E-state index in [9.17, 15) is 8.42 Å². The lowest BCUT2D eigenvalue weighted by atomic mass is 10.0. The average Bonchev–Trinajstić information content (AvgIpc) is 3.05. The summed E-state index contributed by atoms with van der Waals surface area (Å²) in [5.41, 5.74) is 1.98. The molecule has 2 atom stereocenters. The Labute approximate surface area is 154 Å². The maximum absolute atomic E-state index is 12.8. The normalized spacial score (nSPS) is 21.0. The molecular weight excluding hydrogens is 352 g/mol. The minimum Gasteiger partial charge on any atom is -0.497 e. The lowest BCUT2D eigenvalue weighted by Gasteiger charge is -2.23. The van der Waals surface area contributed by atoms with E-state index in [1.807, 2.05) is 54.6 Å². The zero-order valence-electron chi connectivity index (χ0n) is 15.0. The van der Waals surface area contributed by atoms with Gasteiger partial charge in [0.15, 0.2) is 0 Å². The van der Waals surface area contributed by atoms with E-state index in [2.05, 4.69) is 4.72 Å². The van der Waals surface area contributed by atoms with Crippen molar-refractivity contribution in [1.82, 2.24) is 9.79 Å². The van der Waals surface area contributed by atoms with Crippen LogP contribution in [-0.2, 0) is 21.3 Å². The van der Waals surface area contributed by atoms with Crippen molar-refractivity contribution in [3.8, 4) is 5.75 Å². The van der Waals surface area contributed by atoms with E-state index in [-0.39, 0.29) is 12.6 Å². The van der Waals surface area contributed by atoms with Crippen molar-refractivity contribution in [3.63, 3.8) is 0 Å². The summed E-state index contributed by atoms with van der Waals surface area (Å²) in [5.74, 6) is 0.732. The van der Waals surface area contributed by atoms with Crippen LogP contribution in [0.1, 0.15) is 17.2 Å². The van der Waals surface area contributed by atoms with Crippen LogP contribution in [0.25, 0.3) is 0 Å². The third-order valence-corrected chi connectivity index (χ3v) is 6.40. The highest BCUT2D eigenvalue weighted by Gasteiger charge is 2.42. The molecule has 0 aliphatic carbocycles. The summed E-state index contributed by atoms with van der Waals surface area (Å²) in [5, 5.41) is 0.944. The maximum Gasteiger partial charge on any atom is 0.218 e. The highest BCUT2D eigenvalue weighted by atomic mass is 32.2. The summed E-state index contributed by atoms with van der Waals surface area (Å²) < 4.78 is 33.6. The third-order valence-electron chi connectivity index (χ3n) is 4.60. The van der Waals surface area contributed by atoms with Gasteiger partial charge in [-0.15, -0.1) is 0 Å². The second-order valence-electron chi connectivity index (χ2n) is 6.27. The Morgan fingerprint density at radius 3 is 2.50 bits per heavy atom. The number of rotatable bonds is 7. The summed E-state index contributed by atoms with van der Waals surface area (Å²) in [6.45, 7) is 0.496. The van der Waals surface area contributed by atoms with Crippen molar-refractivity contribution < 1.29 is 18.0 Å². The molecule has 6 nitrogen and oxygen atoms in total. The number of hydrogen-bond donors (Lipinski definition) is 1. The summed E-state index contributed by atoms with van der Waals surface area (Å²) >= 11 is 0. The number of hydroxylamine groups is 2. The van der Waals surface area contributed by atoms with Gasteiger partial charge in [-0.25, -0.2) is 13.1 Å². The van der Waals surface area contributed by atoms with Gasteiger partial charge < -0.3 is 4.74 Å². The zero-order valence-corrected chi connectivity index (χ0v) is 15.8. The first-order chi connectivity index (χ1) is 12.5. The quantitative estimate of drug-likeness (QED) is 0.802. The first-order valence-electron chi connectivity index (χ1n) is 8.53. The van der Waals surface area contributed by atoms with E-state index < -0.39 is 15.3 Å². The van der Waals surface area contributed by atoms with Crippen LogP contribution in [0.2, 0.25) is 0 Å². The Morgan fingerprint density at radius 2 is 1.85 bits per heavy atom. The minimum absolute atomic E-state index is 0.133. The van der Waals surface area contributed by atoms with Crippen LogP contribution in [0.4, 0.5) is 0 Å². The van der Waals surface area contributed by atoms with Gasteiger partial charge in [0.25, 0.3) is 0 Å². The van der Waals surface area contributed by atoms with Crippen LogP contribution in [-0.4, -0.2) is 46.0 Å². The largest absolute Gasteiger partial charge is 0.497 e. The summed E-state index contributed by atoms with van der Waals surface area (Å²) in [6, 6.07) is 16.9. The second kappa shape index (κ2) is 8.18. The fourth-order valence-corrected chi connectivity index (χ4v) is 4.68. The van der Waals surface area contributed by atoms with Crippen molar-refractivity contribution in [2.75, 3.05) is 27.3 Å². The van der Waals surface area contributed by atoms with E-state index in [1.165, 1.54) is 0 Å². The van der Waals surface area contributed by atoms with Crippen molar-refractivity contribution in [2.45, 2.75) is 17.7 Å². The topological polar surface area (TPSA) is 67.9 Å². The van der Waals surface area contributed by atoms with E-state index in [4.69, 9.17) is 9.57 Å². The minimum atomic E-state index is -3.52. The zero-order chi connectivity index (χ0) is 18.6. The molecule has 1 heterocycles. The van der Waals surface area contributed by atoms with Crippen LogP contribution in [0.15, 0.2) is 54.6 Å². The van der Waals surface area contributed by atoms with Gasteiger partial charge in [-0.05, 0) is 29.7 Å². The molecule has 2 aromatic rings. The molecule has 26 heavy (non-hydrogen) atoms. The van der Waals surface area contributed by atoms with Crippen molar-refractivity contribution in [1.29, 1.82) is 0 Å². The molecule has 2 aromatic carbocycles. The van der Waals surface area contributed by atoms with Gasteiger partial charge in [-0.3, -0.25) is 4.84 Å². The highest BCUT2D eigenvalue weighted by Crippen LogP contribution is 2.33. The van der Waals surface area contributed by atoms with Crippen LogP contribution < -0.4 is 9.46 Å². The standard InChI is InChI=1S/C19H24N2O4S/c1-21-19(16-8-10-17(24-2)11-9-16)18(14-25-21)26(22,23)20-13-12-15-6-4-3-5-7-15/h3-11,18-20H,12-14H2,1-2H3/t18-,19+/m1/s1. The molecular formula is C19H24N2O4S. The van der Waals surface area contributed by atoms with Crippen molar-refractivity contribution in [2.24, 2.45) is 0 Å². The van der Waals surface area contributed by atoms with E-state index in [0.717, 1.165) is 16.9 Å². The molecule has 1 fully saturated rings. The molecule has 0 aromatic heterocycles. The van der Waals surface area contributed by atoms with E-state index in [1.54, 1.807) is 19.2 Å². The molecule has 1 aliphatic rings. The maximum atomic E-state index is 12.8. The molecule has 1 N–H and O–H groups in total. The van der Waals surface area contributed by atoms with Crippen LogP contribution in [0.5, 0.6) is 5.75 Å². The summed E-state index contributed by atoms with van der Waals surface area (Å²) in [4.78, 5) is 5.52. The van der Waals surface area contributed by atoms with Gasteiger partial charge in [-0.1, -0.05) is 42.5 Å². The lowest BCUT2D eigenvalue weighted by Crippen LogP contribution is -2.40. The van der Waals surface area contributed by atoms with Gasteiger partial charge in [0.2, 0.25) is 10.0 Å². The Balaban J connectivity index is 1.70. The predicted octanol–water partition coefficient (Wildman–Crippen LogP) is 2.14. The molecule has 1 saturated heterocycles. The van der Waals surface area contributed by atoms with Crippen LogP contribution in [0.3, 0.4) is 0 Å². The first kappa shape index (κ1) is 18.8. The molecule has 7 heteroatoms. The second-order valence-corrected chi connectivity index (χ2v) is 8.26. The Bertz CT molecular complexity index is 809. The van der Waals surface area contributed by atoms with Gasteiger partial charge in [-0.2, -0.15) is 5.06 Å². The fourth-order valence-electron chi connectivity index (χ4n) is 3.17. The van der Waals surface area contributed by atoms with Gasteiger partial charge in [0.05, 0.1) is 19.8 Å². The highest BCUT2D eigenvalue weighted by molar-refractivity contribution is 7.90. The molecule has 0 unspecified atom stereocenters. The molecule has 1 aliphatic heterocycles. The number of methoxy groups -OCH3 is 1. The molecule has 0 amide bonds. The lowest BCUT2D eigenvalue weighted by molar-refractivity contribution is -0.110. The molecule has 0 spiro atoms. The number of ether oxygens (including phenoxy) is 1. The Morgan fingerprint density at radius 1 is 1.15 bits per heavy atom. The predicted molar refractivity (Wildman–Crippen MR) is 100 cm³/mol. The summed E-state index contributed by atoms with van der Waals surface area (Å²) in [7, 11) is -0.165. The van der Waals surface area contributed by atoms with E-state index in [0.29, 0.717) is 13.0 Å². The Hall–Kier alpha value is -1.93. The van der Waals surface area contributed by atoms with Gasteiger partial charge >= 0.3 is 0 Å². The van der Waals surface area contributed by atoms with Crippen LogP contribution >= 0.6 is 0 Å². The Kier molecular flexibility index (Phi) is 5.93. The fraction of sp³-hybridized carbons (Fsp3) is 0.368. The van der Waals surface area contributed by atoms with Gasteiger partial charge in [0, 0.05) is 13.6 Å². The number of sulfonamides is 1. The van der Waals surface area contributed by atoms with Crippen molar-refractivity contribution in [3.05, 3.63) is 65.7 Å².